The highest BCUT2D eigenvalue weighted by atomic mass is 32.2. The third-order valence-electron chi connectivity index (χ3n) is 4.25. The summed E-state index contributed by atoms with van der Waals surface area (Å²) in [5.74, 6) is 1.59. The summed E-state index contributed by atoms with van der Waals surface area (Å²) in [5, 5.41) is 31.1. The fraction of sp³-hybridized carbons (Fsp3) is 0.500. The number of nitrogen functional groups attached to an aromatic ring is 1. The van der Waals surface area contributed by atoms with E-state index in [1.165, 1.54) is 12.7 Å². The predicted molar refractivity (Wildman–Crippen MR) is 93.1 cm³/mol. The third-order valence-corrected chi connectivity index (χ3v) is 5.31. The number of aryl methyl sites for hydroxylation is 1. The Labute approximate surface area is 152 Å². The van der Waals surface area contributed by atoms with Gasteiger partial charge in [-0.05, 0) is 5.75 Å². The summed E-state index contributed by atoms with van der Waals surface area (Å²) < 4.78 is 7.45. The van der Waals surface area contributed by atoms with E-state index in [1.54, 1.807) is 22.5 Å². The Hall–Kier alpha value is -2.28. The molecule has 1 aliphatic heterocycles. The predicted octanol–water partition coefficient (Wildman–Crippen LogP) is -0.878. The average Bonchev–Trinajstić information content (AvgIpc) is 3.35. The van der Waals surface area contributed by atoms with E-state index in [0.29, 0.717) is 16.9 Å². The summed E-state index contributed by atoms with van der Waals surface area (Å²) in [6, 6.07) is 0. The van der Waals surface area contributed by atoms with Gasteiger partial charge in [0.2, 0.25) is 0 Å². The number of thioether (sulfide) groups is 1. The van der Waals surface area contributed by atoms with Gasteiger partial charge in [0.05, 0.1) is 24.3 Å². The molecule has 26 heavy (non-hydrogen) atoms. The molecule has 5 N–H and O–H groups in total. The van der Waals surface area contributed by atoms with Gasteiger partial charge in [-0.2, -0.15) is 27.2 Å². The average molecular weight is 378 g/mol. The van der Waals surface area contributed by atoms with Crippen molar-refractivity contribution >= 4 is 28.7 Å². The van der Waals surface area contributed by atoms with Crippen molar-refractivity contribution in [3.05, 3.63) is 24.5 Å². The lowest BCUT2D eigenvalue weighted by Crippen LogP contribution is -2.32. The zero-order valence-electron chi connectivity index (χ0n) is 13.6. The highest BCUT2D eigenvalue weighted by Crippen LogP contribution is 2.33. The third kappa shape index (κ3) is 3.11. The Kier molecular flexibility index (Phi) is 4.72. The van der Waals surface area contributed by atoms with Gasteiger partial charge in [-0.25, -0.2) is 15.0 Å². The van der Waals surface area contributed by atoms with Gasteiger partial charge >= 0.3 is 0 Å². The molecule has 11 nitrogen and oxygen atoms in total. The molecule has 1 aliphatic rings. The molecule has 4 heterocycles. The summed E-state index contributed by atoms with van der Waals surface area (Å²) in [5.41, 5.74) is 7.55. The number of nitrogens with one attached hydrogen (secondary N) is 1. The zero-order valence-corrected chi connectivity index (χ0v) is 14.5. The molecule has 3 aromatic heterocycles. The number of nitrogens with two attached hydrogens (primary N) is 1. The maximum Gasteiger partial charge on any atom is 0.167 e. The molecule has 3 aromatic rings. The van der Waals surface area contributed by atoms with Crippen molar-refractivity contribution in [2.24, 2.45) is 0 Å². The Bertz CT molecular complexity index is 872. The fourth-order valence-corrected chi connectivity index (χ4v) is 3.90. The van der Waals surface area contributed by atoms with Gasteiger partial charge in [0.25, 0.3) is 0 Å². The van der Waals surface area contributed by atoms with Crippen molar-refractivity contribution in [3.63, 3.8) is 0 Å². The summed E-state index contributed by atoms with van der Waals surface area (Å²) in [6.45, 7) is 0. The van der Waals surface area contributed by atoms with E-state index in [9.17, 15) is 10.2 Å². The number of fused-ring (bicyclic) bond motifs is 1. The highest BCUT2D eigenvalue weighted by molar-refractivity contribution is 7.99. The number of aromatic nitrogens is 7. The van der Waals surface area contributed by atoms with Gasteiger partial charge in [-0.3, -0.25) is 4.57 Å². The number of nitrogens with zero attached hydrogens (tertiary/aromatic N) is 6. The molecular formula is C14H18N8O3S. The van der Waals surface area contributed by atoms with Crippen molar-refractivity contribution in [1.29, 1.82) is 0 Å². The highest BCUT2D eigenvalue weighted by Gasteiger charge is 2.44. The van der Waals surface area contributed by atoms with Crippen molar-refractivity contribution < 1.29 is 14.9 Å². The van der Waals surface area contributed by atoms with Crippen LogP contribution in [0, 0.1) is 0 Å². The quantitative estimate of drug-likeness (QED) is 0.396. The minimum atomic E-state index is -1.09. The van der Waals surface area contributed by atoms with Crippen molar-refractivity contribution in [2.75, 3.05) is 17.2 Å². The van der Waals surface area contributed by atoms with Gasteiger partial charge < -0.3 is 20.7 Å². The first-order valence-electron chi connectivity index (χ1n) is 8.02. The van der Waals surface area contributed by atoms with E-state index in [4.69, 9.17) is 10.5 Å². The van der Waals surface area contributed by atoms with E-state index in [-0.39, 0.29) is 5.82 Å². The van der Waals surface area contributed by atoms with Crippen molar-refractivity contribution in [3.8, 4) is 0 Å². The molecular weight excluding hydrogens is 360 g/mol. The standard InChI is InChI=1S/C14H18N8O3S/c15-12-9-13(17-5-16-12)22(6-18-9)14-11(24)10(23)8(25-14)4-26-2-1-7-3-19-21-20-7/h3,5-6,8,10-11,14,23-24H,1-2,4H2,(H2,15,16,17)(H,19,20,21)/t8-,10-,11-,14-/m1/s1. The Balaban J connectivity index is 1.41. The topological polar surface area (TPSA) is 161 Å². The lowest BCUT2D eigenvalue weighted by atomic mass is 10.1. The largest absolute Gasteiger partial charge is 0.387 e. The number of aliphatic hydroxyl groups excluding tert-OH is 2. The smallest absolute Gasteiger partial charge is 0.167 e. The number of imidazole rings is 1. The summed E-state index contributed by atoms with van der Waals surface area (Å²) in [7, 11) is 0. The van der Waals surface area contributed by atoms with Gasteiger partial charge in [0.1, 0.15) is 24.1 Å². The zero-order chi connectivity index (χ0) is 18.1. The van der Waals surface area contributed by atoms with Crippen LogP contribution in [0.5, 0.6) is 0 Å². The van der Waals surface area contributed by atoms with Crippen LogP contribution in [0.15, 0.2) is 18.9 Å². The van der Waals surface area contributed by atoms with Crippen LogP contribution in [0.3, 0.4) is 0 Å². The molecule has 0 aliphatic carbocycles. The monoisotopic (exact) mass is 378 g/mol. The fourth-order valence-electron chi connectivity index (χ4n) is 2.87. The molecule has 0 bridgehead atoms. The second kappa shape index (κ2) is 7.15. The van der Waals surface area contributed by atoms with Gasteiger partial charge in [-0.15, -0.1) is 0 Å². The molecule has 0 unspecified atom stereocenters. The van der Waals surface area contributed by atoms with Crippen LogP contribution < -0.4 is 5.73 Å². The number of hydrogen-bond acceptors (Lipinski definition) is 10. The van der Waals surface area contributed by atoms with Crippen LogP contribution in [0.2, 0.25) is 0 Å². The van der Waals surface area contributed by atoms with E-state index in [0.717, 1.165) is 17.9 Å². The van der Waals surface area contributed by atoms with Crippen molar-refractivity contribution in [1.82, 2.24) is 34.9 Å². The number of rotatable bonds is 6. The van der Waals surface area contributed by atoms with Gasteiger partial charge in [-0.1, -0.05) is 0 Å². The number of aliphatic hydroxyl groups is 2. The molecule has 1 saturated heterocycles. The molecule has 0 saturated carbocycles. The molecule has 1 fully saturated rings. The van der Waals surface area contributed by atoms with Gasteiger partial charge in [0, 0.05) is 12.2 Å². The minimum Gasteiger partial charge on any atom is -0.387 e. The number of hydrogen-bond donors (Lipinski definition) is 4. The second-order valence-electron chi connectivity index (χ2n) is 5.92. The van der Waals surface area contributed by atoms with Crippen molar-refractivity contribution in [2.45, 2.75) is 31.0 Å². The van der Waals surface area contributed by atoms with Gasteiger partial charge in [0.15, 0.2) is 17.7 Å². The summed E-state index contributed by atoms with van der Waals surface area (Å²) in [6.07, 6.45) is 1.86. The first-order chi connectivity index (χ1) is 12.6. The van der Waals surface area contributed by atoms with E-state index in [1.807, 2.05) is 0 Å². The van der Waals surface area contributed by atoms with E-state index < -0.39 is 24.5 Å². The Morgan fingerprint density at radius 1 is 1.27 bits per heavy atom. The number of anilines is 1. The van der Waals surface area contributed by atoms with Crippen LogP contribution in [-0.2, 0) is 11.2 Å². The van der Waals surface area contributed by atoms with Crippen LogP contribution in [0.1, 0.15) is 11.9 Å². The SMILES string of the molecule is Nc1ncnc2c1ncn2[C@@H]1O[C@H](CSCCc2cn[nH]n2)[C@@H](O)[C@H]1O. The molecule has 12 heteroatoms. The normalized spacial score (nSPS) is 25.9. The molecule has 0 amide bonds. The lowest BCUT2D eigenvalue weighted by molar-refractivity contribution is -0.0289. The molecule has 138 valence electrons. The molecule has 4 atom stereocenters. The van der Waals surface area contributed by atoms with E-state index in [2.05, 4.69) is 30.4 Å². The Morgan fingerprint density at radius 3 is 2.96 bits per heavy atom. The second-order valence-corrected chi connectivity index (χ2v) is 7.07. The lowest BCUT2D eigenvalue weighted by Gasteiger charge is -2.16. The Morgan fingerprint density at radius 2 is 2.15 bits per heavy atom. The maximum atomic E-state index is 10.4. The maximum absolute atomic E-state index is 10.4. The molecule has 0 radical (unpaired) electrons. The van der Waals surface area contributed by atoms with Crippen LogP contribution in [0.4, 0.5) is 5.82 Å². The minimum absolute atomic E-state index is 0.252. The molecule has 4 rings (SSSR count). The van der Waals surface area contributed by atoms with Crippen LogP contribution >= 0.6 is 11.8 Å². The number of ether oxygens (including phenoxy) is 1. The molecule has 0 spiro atoms. The number of H-pyrrole nitrogens is 1. The van der Waals surface area contributed by atoms with Crippen LogP contribution in [-0.4, -0.2) is 75.0 Å². The first kappa shape index (κ1) is 17.1. The summed E-state index contributed by atoms with van der Waals surface area (Å²) >= 11 is 1.61. The first-order valence-corrected chi connectivity index (χ1v) is 9.17. The van der Waals surface area contributed by atoms with Crippen LogP contribution in [0.25, 0.3) is 11.2 Å². The molecule has 0 aromatic carbocycles. The summed E-state index contributed by atoms with van der Waals surface area (Å²) in [4.78, 5) is 12.2. The number of aromatic amines is 1. The van der Waals surface area contributed by atoms with E-state index >= 15 is 0 Å².